The number of amides is 1. The minimum Gasteiger partial charge on any atom is -0.507 e. The fourth-order valence-corrected chi connectivity index (χ4v) is 4.13. The minimum atomic E-state index is -0.761. The van der Waals surface area contributed by atoms with E-state index in [4.69, 9.17) is 4.74 Å². The van der Waals surface area contributed by atoms with Gasteiger partial charge in [0, 0.05) is 11.3 Å². The van der Waals surface area contributed by atoms with E-state index in [1.807, 2.05) is 63.2 Å². The molecule has 5 heteroatoms. The zero-order chi connectivity index (χ0) is 23.0. The molecule has 0 aliphatic carbocycles. The molecule has 1 heterocycles. The lowest BCUT2D eigenvalue weighted by Gasteiger charge is -2.27. The summed E-state index contributed by atoms with van der Waals surface area (Å²) in [5.41, 5.74) is 4.88. The summed E-state index contributed by atoms with van der Waals surface area (Å²) >= 11 is 0. The van der Waals surface area contributed by atoms with Crippen LogP contribution in [0.25, 0.3) is 5.76 Å². The summed E-state index contributed by atoms with van der Waals surface area (Å²) in [7, 11) is 1.58. The van der Waals surface area contributed by atoms with Crippen molar-refractivity contribution in [3.8, 4) is 5.75 Å². The molecule has 3 aromatic carbocycles. The number of aliphatic hydroxyl groups excluding tert-OH is 1. The Balaban J connectivity index is 1.95. The summed E-state index contributed by atoms with van der Waals surface area (Å²) in [5, 5.41) is 11.2. The van der Waals surface area contributed by atoms with E-state index in [2.05, 4.69) is 0 Å². The number of ketones is 1. The van der Waals surface area contributed by atoms with Crippen LogP contribution in [0, 0.1) is 20.8 Å². The summed E-state index contributed by atoms with van der Waals surface area (Å²) in [6.07, 6.45) is 0. The number of aliphatic hydroxyl groups is 1. The van der Waals surface area contributed by atoms with Gasteiger partial charge in [0.2, 0.25) is 0 Å². The molecule has 1 unspecified atom stereocenters. The first-order valence-corrected chi connectivity index (χ1v) is 10.4. The van der Waals surface area contributed by atoms with E-state index in [-0.39, 0.29) is 11.3 Å². The Kier molecular flexibility index (Phi) is 5.57. The molecule has 1 amide bonds. The highest BCUT2D eigenvalue weighted by molar-refractivity contribution is 6.51. The molecular weight excluding hydrogens is 402 g/mol. The number of hydrogen-bond donors (Lipinski definition) is 1. The molecule has 0 bridgehead atoms. The molecular formula is C27H25NO4. The van der Waals surface area contributed by atoms with Gasteiger partial charge in [-0.05, 0) is 50.1 Å². The van der Waals surface area contributed by atoms with Crippen LogP contribution in [0.5, 0.6) is 5.75 Å². The average Bonchev–Trinajstić information content (AvgIpc) is 3.04. The number of aryl methyl sites for hydroxylation is 3. The standard InChI is InChI=1S/C27H25NO4/c1-16-5-8-20(9-6-16)25(29)23-24(19-10-12-21(32-4)13-11-19)28(27(31)26(23)30)22-14-7-17(2)15-18(22)3/h5-15,24,29H,1-4H3/b25-23+. The van der Waals surface area contributed by atoms with E-state index in [0.717, 1.165) is 16.7 Å². The van der Waals surface area contributed by atoms with Gasteiger partial charge in [-0.25, -0.2) is 0 Å². The highest BCUT2D eigenvalue weighted by atomic mass is 16.5. The smallest absolute Gasteiger partial charge is 0.300 e. The van der Waals surface area contributed by atoms with Crippen LogP contribution in [0.15, 0.2) is 72.3 Å². The Bertz CT molecular complexity index is 1220. The van der Waals surface area contributed by atoms with Gasteiger partial charge in [0.25, 0.3) is 11.7 Å². The molecule has 0 radical (unpaired) electrons. The van der Waals surface area contributed by atoms with Gasteiger partial charge in [-0.1, -0.05) is 59.7 Å². The third kappa shape index (κ3) is 3.66. The molecule has 0 aromatic heterocycles. The zero-order valence-corrected chi connectivity index (χ0v) is 18.5. The number of carbonyl (C=O) groups excluding carboxylic acids is 2. The number of carbonyl (C=O) groups is 2. The number of Topliss-reactive ketones (excluding diaryl/α,β-unsaturated/α-hetero) is 1. The lowest BCUT2D eigenvalue weighted by molar-refractivity contribution is -0.132. The quantitative estimate of drug-likeness (QED) is 0.351. The Morgan fingerprint density at radius 2 is 1.50 bits per heavy atom. The van der Waals surface area contributed by atoms with Crippen molar-refractivity contribution in [1.29, 1.82) is 0 Å². The molecule has 1 fully saturated rings. The van der Waals surface area contributed by atoms with Gasteiger partial charge in [0.15, 0.2) is 0 Å². The summed E-state index contributed by atoms with van der Waals surface area (Å²) in [6.45, 7) is 5.83. The minimum absolute atomic E-state index is 0.0731. The van der Waals surface area contributed by atoms with Crippen molar-refractivity contribution in [3.63, 3.8) is 0 Å². The Labute approximate surface area is 187 Å². The van der Waals surface area contributed by atoms with Crippen molar-refractivity contribution in [2.24, 2.45) is 0 Å². The Morgan fingerprint density at radius 1 is 0.875 bits per heavy atom. The van der Waals surface area contributed by atoms with E-state index in [1.54, 1.807) is 31.4 Å². The number of rotatable bonds is 4. The Hall–Kier alpha value is -3.86. The van der Waals surface area contributed by atoms with E-state index < -0.39 is 17.7 Å². The molecule has 1 saturated heterocycles. The van der Waals surface area contributed by atoms with Gasteiger partial charge in [0.05, 0.1) is 18.7 Å². The van der Waals surface area contributed by atoms with Gasteiger partial charge < -0.3 is 9.84 Å². The van der Waals surface area contributed by atoms with E-state index in [9.17, 15) is 14.7 Å². The van der Waals surface area contributed by atoms with Crippen molar-refractivity contribution in [1.82, 2.24) is 0 Å². The zero-order valence-electron chi connectivity index (χ0n) is 18.5. The molecule has 1 atom stereocenters. The number of benzene rings is 3. The van der Waals surface area contributed by atoms with Crippen molar-refractivity contribution in [3.05, 3.63) is 100 Å². The molecule has 162 valence electrons. The highest BCUT2D eigenvalue weighted by Crippen LogP contribution is 2.43. The fourth-order valence-electron chi connectivity index (χ4n) is 4.13. The van der Waals surface area contributed by atoms with Crippen LogP contribution < -0.4 is 9.64 Å². The predicted octanol–water partition coefficient (Wildman–Crippen LogP) is 5.25. The number of anilines is 1. The Morgan fingerprint density at radius 3 is 2.09 bits per heavy atom. The lowest BCUT2D eigenvalue weighted by Crippen LogP contribution is -2.30. The van der Waals surface area contributed by atoms with Crippen LogP contribution in [-0.2, 0) is 9.59 Å². The summed E-state index contributed by atoms with van der Waals surface area (Å²) in [6, 6.07) is 19.4. The SMILES string of the molecule is COc1ccc(C2/C(=C(\O)c3ccc(C)cc3)C(=O)C(=O)N2c2ccc(C)cc2C)cc1. The topological polar surface area (TPSA) is 66.8 Å². The van der Waals surface area contributed by atoms with E-state index in [1.165, 1.54) is 4.90 Å². The van der Waals surface area contributed by atoms with Gasteiger partial charge in [-0.15, -0.1) is 0 Å². The largest absolute Gasteiger partial charge is 0.507 e. The molecule has 4 rings (SSSR count). The lowest BCUT2D eigenvalue weighted by atomic mass is 9.94. The maximum absolute atomic E-state index is 13.3. The van der Waals surface area contributed by atoms with Crippen LogP contribution in [0.2, 0.25) is 0 Å². The van der Waals surface area contributed by atoms with Gasteiger partial charge >= 0.3 is 0 Å². The average molecular weight is 428 g/mol. The van der Waals surface area contributed by atoms with Crippen LogP contribution in [0.4, 0.5) is 5.69 Å². The second kappa shape index (κ2) is 8.35. The number of ether oxygens (including phenoxy) is 1. The van der Waals surface area contributed by atoms with Crippen molar-refractivity contribution in [2.75, 3.05) is 12.0 Å². The maximum Gasteiger partial charge on any atom is 0.300 e. The van der Waals surface area contributed by atoms with E-state index >= 15 is 0 Å². The van der Waals surface area contributed by atoms with Crippen LogP contribution in [-0.4, -0.2) is 23.9 Å². The molecule has 1 aliphatic heterocycles. The summed E-state index contributed by atoms with van der Waals surface area (Å²) < 4.78 is 5.26. The summed E-state index contributed by atoms with van der Waals surface area (Å²) in [4.78, 5) is 28.0. The number of nitrogens with zero attached hydrogens (tertiary/aromatic N) is 1. The molecule has 5 nitrogen and oxygen atoms in total. The van der Waals surface area contributed by atoms with Gasteiger partial charge in [-0.2, -0.15) is 0 Å². The van der Waals surface area contributed by atoms with Gasteiger partial charge in [-0.3, -0.25) is 14.5 Å². The second-order valence-electron chi connectivity index (χ2n) is 8.10. The molecule has 0 spiro atoms. The van der Waals surface area contributed by atoms with Crippen LogP contribution in [0.1, 0.15) is 33.9 Å². The van der Waals surface area contributed by atoms with Crippen molar-refractivity contribution < 1.29 is 19.4 Å². The molecule has 1 aliphatic rings. The first kappa shape index (κ1) is 21.4. The first-order chi connectivity index (χ1) is 15.3. The number of methoxy groups -OCH3 is 1. The van der Waals surface area contributed by atoms with Crippen LogP contribution in [0.3, 0.4) is 0 Å². The number of hydrogen-bond acceptors (Lipinski definition) is 4. The van der Waals surface area contributed by atoms with E-state index in [0.29, 0.717) is 22.6 Å². The first-order valence-electron chi connectivity index (χ1n) is 10.4. The highest BCUT2D eigenvalue weighted by Gasteiger charge is 2.47. The third-order valence-corrected chi connectivity index (χ3v) is 5.81. The molecule has 0 saturated carbocycles. The molecule has 1 N–H and O–H groups in total. The predicted molar refractivity (Wildman–Crippen MR) is 125 cm³/mol. The second-order valence-corrected chi connectivity index (χ2v) is 8.10. The molecule has 32 heavy (non-hydrogen) atoms. The third-order valence-electron chi connectivity index (χ3n) is 5.81. The van der Waals surface area contributed by atoms with Crippen molar-refractivity contribution >= 4 is 23.1 Å². The monoisotopic (exact) mass is 427 g/mol. The normalized spacial score (nSPS) is 17.6. The van der Waals surface area contributed by atoms with Gasteiger partial charge in [0.1, 0.15) is 11.5 Å². The van der Waals surface area contributed by atoms with Crippen LogP contribution >= 0.6 is 0 Å². The maximum atomic E-state index is 13.3. The fraction of sp³-hybridized carbons (Fsp3) is 0.185. The van der Waals surface area contributed by atoms with Crippen molar-refractivity contribution in [2.45, 2.75) is 26.8 Å². The summed E-state index contributed by atoms with van der Waals surface area (Å²) in [5.74, 6) is -0.887. The molecule has 3 aromatic rings.